The lowest BCUT2D eigenvalue weighted by atomic mass is 9.89. The maximum Gasteiger partial charge on any atom is 0.227 e. The van der Waals surface area contributed by atoms with E-state index in [9.17, 15) is 8.42 Å². The van der Waals surface area contributed by atoms with Crippen LogP contribution in [0.3, 0.4) is 0 Å². The van der Waals surface area contributed by atoms with E-state index in [1.165, 1.54) is 4.31 Å². The lowest BCUT2D eigenvalue weighted by Crippen LogP contribution is -2.40. The van der Waals surface area contributed by atoms with Crippen molar-refractivity contribution in [2.75, 3.05) is 18.8 Å². The van der Waals surface area contributed by atoms with Crippen LogP contribution in [-0.4, -0.2) is 51.7 Å². The predicted octanol–water partition coefficient (Wildman–Crippen LogP) is 1.54. The summed E-state index contributed by atoms with van der Waals surface area (Å²) in [7, 11) is -3.54. The van der Waals surface area contributed by atoms with Gasteiger partial charge < -0.3 is 4.98 Å². The first-order valence-corrected chi connectivity index (χ1v) is 9.64. The predicted molar refractivity (Wildman–Crippen MR) is 92.1 cm³/mol. The molecule has 1 saturated heterocycles. The van der Waals surface area contributed by atoms with E-state index in [-0.39, 0.29) is 5.92 Å². The Hall–Kier alpha value is -2.57. The van der Waals surface area contributed by atoms with Gasteiger partial charge in [0.2, 0.25) is 10.0 Å². The van der Waals surface area contributed by atoms with Gasteiger partial charge in [-0.1, -0.05) is 0 Å². The van der Waals surface area contributed by atoms with Gasteiger partial charge in [0.15, 0.2) is 17.0 Å². The van der Waals surface area contributed by atoms with Gasteiger partial charge in [-0.05, 0) is 36.5 Å². The highest BCUT2D eigenvalue weighted by Crippen LogP contribution is 2.34. The molecule has 0 amide bonds. The van der Waals surface area contributed by atoms with Gasteiger partial charge in [0.25, 0.3) is 0 Å². The second-order valence-electron chi connectivity index (χ2n) is 6.15. The first-order valence-electron chi connectivity index (χ1n) is 8.03. The number of aromatic amines is 1. The Kier molecular flexibility index (Phi) is 3.86. The summed E-state index contributed by atoms with van der Waals surface area (Å²) in [4.78, 5) is 7.30. The van der Waals surface area contributed by atoms with Gasteiger partial charge in [-0.25, -0.2) is 17.7 Å². The third kappa shape index (κ3) is 2.73. The van der Waals surface area contributed by atoms with E-state index in [2.05, 4.69) is 20.2 Å². The van der Waals surface area contributed by atoms with Crippen LogP contribution in [0.25, 0.3) is 22.1 Å². The number of piperidine rings is 1. The van der Waals surface area contributed by atoms with Crippen LogP contribution in [0.4, 0.5) is 0 Å². The van der Waals surface area contributed by atoms with Crippen molar-refractivity contribution < 1.29 is 8.42 Å². The molecule has 3 aromatic heterocycles. The lowest BCUT2D eigenvalue weighted by molar-refractivity contribution is 0.317. The van der Waals surface area contributed by atoms with Gasteiger partial charge in [-0.15, -0.1) is 10.2 Å². The van der Waals surface area contributed by atoms with Gasteiger partial charge in [-0.3, -0.25) is 0 Å². The maximum atomic E-state index is 12.3. The smallest absolute Gasteiger partial charge is 0.227 e. The zero-order chi connectivity index (χ0) is 17.4. The molecule has 3 aromatic rings. The number of hydrogen-bond donors (Lipinski definition) is 1. The van der Waals surface area contributed by atoms with Gasteiger partial charge in [0, 0.05) is 36.3 Å². The van der Waals surface area contributed by atoms with E-state index in [1.54, 1.807) is 18.5 Å². The number of rotatable bonds is 3. The third-order valence-electron chi connectivity index (χ3n) is 4.67. The molecule has 1 aliphatic heterocycles. The topological polar surface area (TPSA) is 116 Å². The van der Waals surface area contributed by atoms with Gasteiger partial charge >= 0.3 is 0 Å². The number of nitrogens with one attached hydrogen (secondary N) is 1. The minimum atomic E-state index is -3.54. The fourth-order valence-electron chi connectivity index (χ4n) is 3.53. The summed E-state index contributed by atoms with van der Waals surface area (Å²) in [5.74, 6) is -0.437. The Morgan fingerprint density at radius 3 is 3.08 bits per heavy atom. The summed E-state index contributed by atoms with van der Waals surface area (Å²) in [6, 6.07) is 5.62. The SMILES string of the molecule is N#CCS(=O)(=O)N1CCCC(c2cc[nH]c3nnc4nccc4c23)C1. The highest BCUT2D eigenvalue weighted by molar-refractivity contribution is 7.89. The number of nitriles is 1. The maximum absolute atomic E-state index is 12.3. The molecular formula is C16H16N6O2S. The number of pyridine rings is 1. The molecular weight excluding hydrogens is 340 g/mol. The third-order valence-corrected chi connectivity index (χ3v) is 6.28. The molecule has 0 radical (unpaired) electrons. The quantitative estimate of drug-likeness (QED) is 0.761. The summed E-state index contributed by atoms with van der Waals surface area (Å²) in [5, 5.41) is 18.9. The van der Waals surface area contributed by atoms with Crippen molar-refractivity contribution >= 4 is 32.1 Å². The molecule has 0 bridgehead atoms. The van der Waals surface area contributed by atoms with Crippen molar-refractivity contribution in [3.05, 3.63) is 30.1 Å². The second kappa shape index (κ2) is 6.06. The number of hydrogen-bond acceptors (Lipinski definition) is 6. The summed E-state index contributed by atoms with van der Waals surface area (Å²) in [5.41, 5.74) is 2.28. The number of fused-ring (bicyclic) bond motifs is 3. The molecule has 1 aliphatic rings. The molecule has 4 heterocycles. The van der Waals surface area contributed by atoms with E-state index >= 15 is 0 Å². The molecule has 1 unspecified atom stereocenters. The number of aromatic nitrogens is 4. The Bertz CT molecular complexity index is 1080. The Morgan fingerprint density at radius 2 is 2.24 bits per heavy atom. The fourth-order valence-corrected chi connectivity index (χ4v) is 4.69. The van der Waals surface area contributed by atoms with E-state index < -0.39 is 15.8 Å². The molecule has 0 aliphatic carbocycles. The monoisotopic (exact) mass is 356 g/mol. The van der Waals surface area contributed by atoms with Crippen LogP contribution in [0.2, 0.25) is 0 Å². The molecule has 1 fully saturated rings. The number of nitrogens with zero attached hydrogens (tertiary/aromatic N) is 5. The molecule has 8 nitrogen and oxygen atoms in total. The standard InChI is InChI=1S/C16H16N6O2S/c17-5-9-25(23,24)22-8-1-2-11(10-22)12-3-6-19-16-14(12)13-4-7-18-15(13)20-21-16/h3-4,6-7,11H,1-2,8-10H2,(H,19,21). The van der Waals surface area contributed by atoms with Crippen molar-refractivity contribution in [3.8, 4) is 6.07 Å². The average Bonchev–Trinajstić information content (AvgIpc) is 3.10. The molecule has 9 heteroatoms. The first kappa shape index (κ1) is 15.9. The normalized spacial score (nSPS) is 19.2. The second-order valence-corrected chi connectivity index (χ2v) is 8.12. The van der Waals surface area contributed by atoms with Crippen LogP contribution in [0.5, 0.6) is 0 Å². The zero-order valence-corrected chi connectivity index (χ0v) is 14.2. The van der Waals surface area contributed by atoms with Gasteiger partial charge in [-0.2, -0.15) is 5.26 Å². The van der Waals surface area contributed by atoms with E-state index in [0.29, 0.717) is 24.4 Å². The Labute approximate surface area is 144 Å². The fraction of sp³-hybridized carbons (Fsp3) is 0.375. The molecule has 1 atom stereocenters. The molecule has 25 heavy (non-hydrogen) atoms. The van der Waals surface area contributed by atoms with E-state index in [4.69, 9.17) is 5.26 Å². The Balaban J connectivity index is 1.79. The number of sulfonamides is 1. The highest BCUT2D eigenvalue weighted by Gasteiger charge is 2.30. The minimum absolute atomic E-state index is 0.0432. The molecule has 1 N–H and O–H groups in total. The van der Waals surface area contributed by atoms with Crippen LogP contribution in [0.15, 0.2) is 24.5 Å². The van der Waals surface area contributed by atoms with Crippen LogP contribution in [0, 0.1) is 11.3 Å². The van der Waals surface area contributed by atoms with Crippen molar-refractivity contribution in [1.82, 2.24) is 24.5 Å². The zero-order valence-electron chi connectivity index (χ0n) is 13.4. The Morgan fingerprint density at radius 1 is 1.36 bits per heavy atom. The van der Waals surface area contributed by atoms with Crippen LogP contribution >= 0.6 is 0 Å². The molecule has 0 saturated carbocycles. The van der Waals surface area contributed by atoms with Crippen molar-refractivity contribution in [2.24, 2.45) is 0 Å². The van der Waals surface area contributed by atoms with Crippen molar-refractivity contribution in [1.29, 1.82) is 5.26 Å². The van der Waals surface area contributed by atoms with Gasteiger partial charge in [0.1, 0.15) is 0 Å². The summed E-state index contributed by atoms with van der Waals surface area (Å²) < 4.78 is 26.0. The van der Waals surface area contributed by atoms with E-state index in [1.807, 2.05) is 12.1 Å². The summed E-state index contributed by atoms with van der Waals surface area (Å²) >= 11 is 0. The summed E-state index contributed by atoms with van der Waals surface area (Å²) in [6.45, 7) is 0.839. The minimum Gasteiger partial charge on any atom is -0.345 e. The van der Waals surface area contributed by atoms with Gasteiger partial charge in [0.05, 0.1) is 6.07 Å². The average molecular weight is 356 g/mol. The number of H-pyrrole nitrogens is 1. The van der Waals surface area contributed by atoms with Crippen LogP contribution < -0.4 is 0 Å². The molecule has 0 spiro atoms. The molecule has 0 aromatic carbocycles. The lowest BCUT2D eigenvalue weighted by Gasteiger charge is -2.32. The summed E-state index contributed by atoms with van der Waals surface area (Å²) in [6.07, 6.45) is 5.14. The largest absolute Gasteiger partial charge is 0.345 e. The van der Waals surface area contributed by atoms with Crippen LogP contribution in [0.1, 0.15) is 24.3 Å². The van der Waals surface area contributed by atoms with Crippen LogP contribution in [-0.2, 0) is 10.0 Å². The van der Waals surface area contributed by atoms with Crippen molar-refractivity contribution in [2.45, 2.75) is 18.8 Å². The molecule has 4 rings (SSSR count). The molecule has 128 valence electrons. The first-order chi connectivity index (χ1) is 12.1. The van der Waals surface area contributed by atoms with E-state index in [0.717, 1.165) is 29.2 Å². The highest BCUT2D eigenvalue weighted by atomic mass is 32.2. The van der Waals surface area contributed by atoms with Crippen molar-refractivity contribution in [3.63, 3.8) is 0 Å².